The minimum absolute atomic E-state index is 0.0299. The third kappa shape index (κ3) is 3.03. The summed E-state index contributed by atoms with van der Waals surface area (Å²) >= 11 is 11.9. The Morgan fingerprint density at radius 1 is 1.35 bits per heavy atom. The first kappa shape index (κ1) is 14.1. The number of methoxy groups -OCH3 is 2. The van der Waals surface area contributed by atoms with E-state index in [1.807, 2.05) is 0 Å². The van der Waals surface area contributed by atoms with Crippen molar-refractivity contribution in [1.82, 2.24) is 0 Å². The third-order valence-electron chi connectivity index (χ3n) is 2.34. The summed E-state index contributed by atoms with van der Waals surface area (Å²) in [5, 5.41) is 4.35. The molecule has 0 aliphatic carbocycles. The number of ether oxygens (including phenoxy) is 2. The summed E-state index contributed by atoms with van der Waals surface area (Å²) in [7, 11) is 2.89. The molecule has 0 saturated carbocycles. The van der Waals surface area contributed by atoms with Crippen LogP contribution >= 0.6 is 23.2 Å². The molecule has 0 heterocycles. The average molecular weight is 276 g/mol. The Kier molecular flexibility index (Phi) is 5.05. The molecule has 1 aromatic rings. The van der Waals surface area contributed by atoms with Gasteiger partial charge in [-0.2, -0.15) is 0 Å². The second kappa shape index (κ2) is 6.10. The van der Waals surface area contributed by atoms with Crippen LogP contribution < -0.4 is 0 Å². The van der Waals surface area contributed by atoms with Crippen LogP contribution in [-0.4, -0.2) is 20.8 Å². The highest BCUT2D eigenvalue weighted by Gasteiger charge is 2.33. The zero-order chi connectivity index (χ0) is 12.9. The van der Waals surface area contributed by atoms with Gasteiger partial charge in [0.1, 0.15) is 0 Å². The summed E-state index contributed by atoms with van der Waals surface area (Å²) in [6.07, 6.45) is 0. The van der Waals surface area contributed by atoms with Crippen LogP contribution in [0.1, 0.15) is 5.56 Å². The normalized spacial score (nSPS) is 11.1. The highest BCUT2D eigenvalue weighted by Crippen LogP contribution is 2.34. The van der Waals surface area contributed by atoms with Crippen molar-refractivity contribution in [2.24, 2.45) is 5.11 Å². The van der Waals surface area contributed by atoms with Gasteiger partial charge >= 0.3 is 0 Å². The molecule has 92 valence electrons. The average Bonchev–Trinajstić information content (AvgIpc) is 2.32. The van der Waals surface area contributed by atoms with E-state index < -0.39 is 5.79 Å². The third-order valence-corrected chi connectivity index (χ3v) is 2.89. The number of halogens is 2. The summed E-state index contributed by atoms with van der Waals surface area (Å²) in [6.45, 7) is -0.0299. The number of hydrogen-bond acceptors (Lipinski definition) is 3. The monoisotopic (exact) mass is 275 g/mol. The number of hydrogen-bond donors (Lipinski definition) is 0. The van der Waals surface area contributed by atoms with E-state index in [2.05, 4.69) is 10.0 Å². The molecule has 0 bridgehead atoms. The fourth-order valence-electron chi connectivity index (χ4n) is 1.44. The largest absolute Gasteiger partial charge is 0.349 e. The fourth-order valence-corrected chi connectivity index (χ4v) is 1.99. The Hall–Kier alpha value is -0.970. The van der Waals surface area contributed by atoms with Crippen LogP contribution in [0.4, 0.5) is 0 Å². The van der Waals surface area contributed by atoms with Gasteiger partial charge in [0.25, 0.3) is 0 Å². The molecule has 0 atom stereocenters. The Morgan fingerprint density at radius 2 is 2.00 bits per heavy atom. The maximum absolute atomic E-state index is 8.37. The van der Waals surface area contributed by atoms with Crippen LogP contribution in [0, 0.1) is 0 Å². The number of azide groups is 1. The molecule has 17 heavy (non-hydrogen) atoms. The molecule has 1 rings (SSSR count). The minimum atomic E-state index is -1.20. The van der Waals surface area contributed by atoms with Gasteiger partial charge in [-0.25, -0.2) is 0 Å². The molecule has 0 radical (unpaired) electrons. The summed E-state index contributed by atoms with van der Waals surface area (Å²) in [4.78, 5) is 2.69. The maximum Gasteiger partial charge on any atom is 0.201 e. The highest BCUT2D eigenvalue weighted by atomic mass is 35.5. The van der Waals surface area contributed by atoms with Gasteiger partial charge in [0, 0.05) is 29.7 Å². The van der Waals surface area contributed by atoms with Crippen LogP contribution in [0.5, 0.6) is 0 Å². The van der Waals surface area contributed by atoms with Crippen molar-refractivity contribution < 1.29 is 9.47 Å². The zero-order valence-electron chi connectivity index (χ0n) is 9.35. The number of rotatable bonds is 5. The molecular formula is C10H11Cl2N3O2. The van der Waals surface area contributed by atoms with Crippen molar-refractivity contribution >= 4 is 23.2 Å². The van der Waals surface area contributed by atoms with Crippen LogP contribution in [0.3, 0.4) is 0 Å². The van der Waals surface area contributed by atoms with Gasteiger partial charge in [-0.3, -0.25) is 0 Å². The van der Waals surface area contributed by atoms with Crippen molar-refractivity contribution in [2.45, 2.75) is 5.79 Å². The van der Waals surface area contributed by atoms with Crippen LogP contribution in [0.15, 0.2) is 23.3 Å². The van der Waals surface area contributed by atoms with Gasteiger partial charge in [0.05, 0.1) is 11.6 Å². The molecule has 5 nitrogen and oxygen atoms in total. The molecule has 7 heteroatoms. The van der Waals surface area contributed by atoms with E-state index in [-0.39, 0.29) is 6.54 Å². The van der Waals surface area contributed by atoms with E-state index >= 15 is 0 Å². The van der Waals surface area contributed by atoms with Crippen LogP contribution in [0.25, 0.3) is 10.4 Å². The minimum Gasteiger partial charge on any atom is -0.349 e. The number of nitrogens with zero attached hydrogens (tertiary/aromatic N) is 3. The molecule has 0 aliphatic rings. The molecule has 1 aromatic carbocycles. The summed E-state index contributed by atoms with van der Waals surface area (Å²) < 4.78 is 10.6. The van der Waals surface area contributed by atoms with Gasteiger partial charge in [-0.15, -0.1) is 0 Å². The summed E-state index contributed by atoms with van der Waals surface area (Å²) in [5.41, 5.74) is 8.93. The zero-order valence-corrected chi connectivity index (χ0v) is 10.9. The molecule has 0 fully saturated rings. The van der Waals surface area contributed by atoms with E-state index in [0.717, 1.165) is 0 Å². The molecule has 0 spiro atoms. The quantitative estimate of drug-likeness (QED) is 0.355. The van der Waals surface area contributed by atoms with Crippen molar-refractivity contribution in [3.05, 3.63) is 44.3 Å². The predicted molar refractivity (Wildman–Crippen MR) is 66.2 cm³/mol. The molecule has 0 saturated heterocycles. The fraction of sp³-hybridized carbons (Fsp3) is 0.400. The first-order valence-electron chi connectivity index (χ1n) is 4.66. The molecular weight excluding hydrogens is 265 g/mol. The summed E-state index contributed by atoms with van der Waals surface area (Å²) in [6, 6.07) is 4.90. The lowest BCUT2D eigenvalue weighted by Gasteiger charge is -2.30. The van der Waals surface area contributed by atoms with Crippen LogP contribution in [-0.2, 0) is 15.3 Å². The van der Waals surface area contributed by atoms with Gasteiger partial charge in [-0.1, -0.05) is 34.4 Å². The van der Waals surface area contributed by atoms with Crippen molar-refractivity contribution in [3.63, 3.8) is 0 Å². The first-order valence-corrected chi connectivity index (χ1v) is 5.42. The predicted octanol–water partition coefficient (Wildman–Crippen LogP) is 3.75. The first-order chi connectivity index (χ1) is 8.09. The van der Waals surface area contributed by atoms with Gasteiger partial charge < -0.3 is 9.47 Å². The lowest BCUT2D eigenvalue weighted by Crippen LogP contribution is -2.34. The Labute approximate surface area is 109 Å². The van der Waals surface area contributed by atoms with Gasteiger partial charge in [-0.05, 0) is 17.7 Å². The smallest absolute Gasteiger partial charge is 0.201 e. The molecule has 0 N–H and O–H groups in total. The maximum atomic E-state index is 8.37. The lowest BCUT2D eigenvalue weighted by molar-refractivity contribution is -0.207. The Morgan fingerprint density at radius 3 is 2.47 bits per heavy atom. The molecule has 0 aliphatic heterocycles. The Balaban J connectivity index is 3.25. The second-order valence-corrected chi connectivity index (χ2v) is 4.02. The van der Waals surface area contributed by atoms with Crippen molar-refractivity contribution in [1.29, 1.82) is 0 Å². The van der Waals surface area contributed by atoms with E-state index in [1.165, 1.54) is 14.2 Å². The van der Waals surface area contributed by atoms with E-state index in [0.29, 0.717) is 15.6 Å². The van der Waals surface area contributed by atoms with Gasteiger partial charge in [0.2, 0.25) is 5.79 Å². The molecule has 0 amide bonds. The van der Waals surface area contributed by atoms with Crippen LogP contribution in [0.2, 0.25) is 10.0 Å². The second-order valence-electron chi connectivity index (χ2n) is 3.17. The Bertz CT molecular complexity index is 443. The van der Waals surface area contributed by atoms with E-state index in [1.54, 1.807) is 18.2 Å². The highest BCUT2D eigenvalue weighted by molar-refractivity contribution is 6.35. The molecule has 0 aromatic heterocycles. The SMILES string of the molecule is COC(CN=[N+]=[N-])(OC)c1ccc(Cl)cc1Cl. The van der Waals surface area contributed by atoms with Crippen molar-refractivity contribution in [2.75, 3.05) is 20.8 Å². The topological polar surface area (TPSA) is 67.2 Å². The molecule has 0 unspecified atom stereocenters. The lowest BCUT2D eigenvalue weighted by atomic mass is 10.1. The summed E-state index contributed by atoms with van der Waals surface area (Å²) in [5.74, 6) is -1.20. The van der Waals surface area contributed by atoms with E-state index in [9.17, 15) is 0 Å². The number of benzene rings is 1. The van der Waals surface area contributed by atoms with Gasteiger partial charge in [0.15, 0.2) is 0 Å². The van der Waals surface area contributed by atoms with E-state index in [4.69, 9.17) is 38.2 Å². The standard InChI is InChI=1S/C10H11Cl2N3O2/c1-16-10(17-2,6-14-15-13)8-4-3-7(11)5-9(8)12/h3-5H,6H2,1-2H3. The van der Waals surface area contributed by atoms with Crippen molar-refractivity contribution in [3.8, 4) is 0 Å².